The molecule has 2 rings (SSSR count). The van der Waals surface area contributed by atoms with Crippen LogP contribution >= 0.6 is 35.3 Å². The molecule has 1 aromatic heterocycles. The summed E-state index contributed by atoms with van der Waals surface area (Å²) in [5.41, 5.74) is 0.610. The molecule has 1 amide bonds. The number of thioether (sulfide) groups is 1. The summed E-state index contributed by atoms with van der Waals surface area (Å²) < 4.78 is 5.74. The Morgan fingerprint density at radius 2 is 2.15 bits per heavy atom. The Balaban J connectivity index is 1.93. The fraction of sp³-hybridized carbons (Fsp3) is 0.667. The number of unbranched alkanes of at least 4 members (excludes halogenated alkanes) is 1. The Morgan fingerprint density at radius 1 is 1.41 bits per heavy atom. The van der Waals surface area contributed by atoms with Crippen LogP contribution in [-0.2, 0) is 20.7 Å². The van der Waals surface area contributed by atoms with Crippen LogP contribution in [-0.4, -0.2) is 51.0 Å². The van der Waals surface area contributed by atoms with E-state index in [-0.39, 0.29) is 23.5 Å². The number of hydrogen-bond donors (Lipinski definition) is 1. The number of thiocarbonyl (C=S) groups is 1. The minimum Gasteiger partial charge on any atom is -0.466 e. The molecule has 0 spiro atoms. The molecule has 1 unspecified atom stereocenters. The Hall–Kier alpha value is -1.19. The summed E-state index contributed by atoms with van der Waals surface area (Å²) in [6.07, 6.45) is 5.22. The van der Waals surface area contributed by atoms with Gasteiger partial charge in [-0.05, 0) is 26.2 Å². The quantitative estimate of drug-likeness (QED) is 0.472. The highest BCUT2D eigenvalue weighted by atomic mass is 32.2. The number of carbonyl (C=O) groups is 2. The van der Waals surface area contributed by atoms with E-state index in [2.05, 4.69) is 22.1 Å². The number of ether oxygens (including phenoxy) is 1. The molecule has 2 heterocycles. The summed E-state index contributed by atoms with van der Waals surface area (Å²) in [5.74, 6) is -0.389. The minimum atomic E-state index is -0.312. The number of thiazole rings is 1. The van der Waals surface area contributed by atoms with Crippen molar-refractivity contribution < 1.29 is 14.3 Å². The van der Waals surface area contributed by atoms with Gasteiger partial charge < -0.3 is 15.0 Å². The smallest absolute Gasteiger partial charge is 0.311 e. The van der Waals surface area contributed by atoms with Crippen molar-refractivity contribution in [3.63, 3.8) is 0 Å². The topological polar surface area (TPSA) is 71.5 Å². The van der Waals surface area contributed by atoms with E-state index in [0.717, 1.165) is 49.5 Å². The average Bonchev–Trinajstić information content (AvgIpc) is 3.30. The molecule has 1 aromatic rings. The lowest BCUT2D eigenvalue weighted by atomic mass is 10.2. The maximum atomic E-state index is 12.8. The highest BCUT2D eigenvalue weighted by Gasteiger charge is 2.25. The number of anilines is 1. The first-order valence-corrected chi connectivity index (χ1v) is 11.6. The first kappa shape index (κ1) is 22.1. The van der Waals surface area contributed by atoms with E-state index < -0.39 is 0 Å². The van der Waals surface area contributed by atoms with Gasteiger partial charge >= 0.3 is 5.97 Å². The minimum absolute atomic E-state index is 0.0768. The third-order valence-electron chi connectivity index (χ3n) is 4.13. The molecule has 27 heavy (non-hydrogen) atoms. The zero-order valence-electron chi connectivity index (χ0n) is 15.9. The van der Waals surface area contributed by atoms with Crippen molar-refractivity contribution in [2.24, 2.45) is 0 Å². The van der Waals surface area contributed by atoms with Gasteiger partial charge in [0.25, 0.3) is 0 Å². The van der Waals surface area contributed by atoms with Gasteiger partial charge in [0, 0.05) is 18.5 Å². The zero-order chi connectivity index (χ0) is 19.6. The van der Waals surface area contributed by atoms with E-state index in [4.69, 9.17) is 17.0 Å². The predicted molar refractivity (Wildman–Crippen MR) is 115 cm³/mol. The number of nitrogens with zero attached hydrogens (tertiary/aromatic N) is 2. The van der Waals surface area contributed by atoms with Gasteiger partial charge in [0.15, 0.2) is 5.13 Å². The molecule has 1 aliphatic heterocycles. The van der Waals surface area contributed by atoms with Crippen molar-refractivity contribution >= 4 is 56.6 Å². The van der Waals surface area contributed by atoms with Crippen molar-refractivity contribution in [1.29, 1.82) is 0 Å². The lowest BCUT2D eigenvalue weighted by molar-refractivity contribution is -0.142. The van der Waals surface area contributed by atoms with Crippen LogP contribution in [0.5, 0.6) is 0 Å². The number of hydrogen-bond acceptors (Lipinski definition) is 7. The van der Waals surface area contributed by atoms with Gasteiger partial charge in [0.2, 0.25) is 5.91 Å². The zero-order valence-corrected chi connectivity index (χ0v) is 18.3. The number of rotatable bonds is 9. The Morgan fingerprint density at radius 3 is 2.81 bits per heavy atom. The monoisotopic (exact) mass is 429 g/mol. The molecule has 0 bridgehead atoms. The summed E-state index contributed by atoms with van der Waals surface area (Å²) in [5, 5.41) is 4.94. The van der Waals surface area contributed by atoms with Crippen LogP contribution in [0.3, 0.4) is 0 Å². The normalized spacial score (nSPS) is 14.8. The Bertz CT molecular complexity index is 645. The number of amides is 1. The molecule has 6 nitrogen and oxygen atoms in total. The summed E-state index contributed by atoms with van der Waals surface area (Å²) >= 11 is 8.35. The van der Waals surface area contributed by atoms with Gasteiger partial charge in [0.05, 0.1) is 24.0 Å². The van der Waals surface area contributed by atoms with E-state index in [0.29, 0.717) is 17.4 Å². The standard InChI is InChI=1S/C18H27N3O3S3/c1-3-5-8-14(27-18(25)21-9-6-7-10-21)16(23)20-17-19-13(12-26-17)11-15(22)24-4-2/h12,14H,3-11H2,1-2H3,(H,19,20,23). The van der Waals surface area contributed by atoms with Crippen LogP contribution in [0.4, 0.5) is 5.13 Å². The molecule has 0 aromatic carbocycles. The van der Waals surface area contributed by atoms with E-state index >= 15 is 0 Å². The first-order chi connectivity index (χ1) is 13.0. The van der Waals surface area contributed by atoms with Gasteiger partial charge in [-0.1, -0.05) is 43.7 Å². The van der Waals surface area contributed by atoms with Gasteiger partial charge in [-0.25, -0.2) is 4.98 Å². The van der Waals surface area contributed by atoms with Crippen molar-refractivity contribution in [2.45, 2.75) is 57.6 Å². The summed E-state index contributed by atoms with van der Waals surface area (Å²) in [6.45, 7) is 6.20. The number of nitrogens with one attached hydrogen (secondary N) is 1. The number of esters is 1. The van der Waals surface area contributed by atoms with Crippen LogP contribution in [0.1, 0.15) is 51.6 Å². The Kier molecular flexibility index (Phi) is 9.50. The van der Waals surface area contributed by atoms with Crippen LogP contribution in [0.25, 0.3) is 0 Å². The fourth-order valence-electron chi connectivity index (χ4n) is 2.72. The largest absolute Gasteiger partial charge is 0.466 e. The third-order valence-corrected chi connectivity index (χ3v) is 6.68. The van der Waals surface area contributed by atoms with Crippen molar-refractivity contribution in [2.75, 3.05) is 25.0 Å². The molecule has 1 aliphatic rings. The molecule has 1 saturated heterocycles. The van der Waals surface area contributed by atoms with E-state index in [1.54, 1.807) is 12.3 Å². The van der Waals surface area contributed by atoms with Crippen LogP contribution in [0.15, 0.2) is 5.38 Å². The average molecular weight is 430 g/mol. The fourth-order valence-corrected chi connectivity index (χ4v) is 4.99. The second kappa shape index (κ2) is 11.6. The molecule has 1 fully saturated rings. The maximum Gasteiger partial charge on any atom is 0.311 e. The van der Waals surface area contributed by atoms with E-state index in [1.165, 1.54) is 23.1 Å². The number of carbonyl (C=O) groups excluding carboxylic acids is 2. The van der Waals surface area contributed by atoms with Gasteiger partial charge in [0.1, 0.15) is 4.32 Å². The second-order valence-corrected chi connectivity index (χ2v) is 9.02. The molecule has 9 heteroatoms. The SMILES string of the molecule is CCCCC(SC(=S)N1CCCC1)C(=O)Nc1nc(CC(=O)OCC)cs1. The molecule has 0 saturated carbocycles. The number of aromatic nitrogens is 1. The third kappa shape index (κ3) is 7.38. The van der Waals surface area contributed by atoms with Crippen molar-refractivity contribution in [1.82, 2.24) is 9.88 Å². The summed E-state index contributed by atoms with van der Waals surface area (Å²) in [6, 6.07) is 0. The lowest BCUT2D eigenvalue weighted by Gasteiger charge is -2.22. The van der Waals surface area contributed by atoms with Crippen LogP contribution in [0.2, 0.25) is 0 Å². The molecule has 1 atom stereocenters. The van der Waals surface area contributed by atoms with Crippen molar-refractivity contribution in [3.8, 4) is 0 Å². The van der Waals surface area contributed by atoms with Crippen LogP contribution < -0.4 is 5.32 Å². The first-order valence-electron chi connectivity index (χ1n) is 9.40. The number of likely N-dealkylation sites (tertiary alicyclic amines) is 1. The summed E-state index contributed by atoms with van der Waals surface area (Å²) in [4.78, 5) is 30.8. The van der Waals surface area contributed by atoms with Gasteiger partial charge in [-0.15, -0.1) is 11.3 Å². The van der Waals surface area contributed by atoms with E-state index in [1.807, 2.05) is 0 Å². The molecular weight excluding hydrogens is 402 g/mol. The lowest BCUT2D eigenvalue weighted by Crippen LogP contribution is -2.31. The molecule has 1 N–H and O–H groups in total. The molecule has 150 valence electrons. The highest BCUT2D eigenvalue weighted by Crippen LogP contribution is 2.26. The Labute approximate surface area is 174 Å². The van der Waals surface area contributed by atoms with Crippen molar-refractivity contribution in [3.05, 3.63) is 11.1 Å². The predicted octanol–water partition coefficient (Wildman–Crippen LogP) is 3.86. The summed E-state index contributed by atoms with van der Waals surface area (Å²) in [7, 11) is 0. The molecule has 0 aliphatic carbocycles. The van der Waals surface area contributed by atoms with Crippen LogP contribution in [0, 0.1) is 0 Å². The molecule has 0 radical (unpaired) electrons. The van der Waals surface area contributed by atoms with Gasteiger partial charge in [-0.3, -0.25) is 9.59 Å². The van der Waals surface area contributed by atoms with E-state index in [9.17, 15) is 9.59 Å². The second-order valence-electron chi connectivity index (χ2n) is 6.32. The van der Waals surface area contributed by atoms with Gasteiger partial charge in [-0.2, -0.15) is 0 Å². The maximum absolute atomic E-state index is 12.8. The highest BCUT2D eigenvalue weighted by molar-refractivity contribution is 8.23. The molecular formula is C18H27N3O3S3.